The van der Waals surface area contributed by atoms with Gasteiger partial charge < -0.3 is 8.83 Å². The molecular weight excluding hydrogens is 542 g/mol. The first-order valence-corrected chi connectivity index (χ1v) is 14.5. The Labute approximate surface area is 252 Å². The van der Waals surface area contributed by atoms with Crippen molar-refractivity contribution in [3.8, 4) is 45.3 Å². The largest absolute Gasteiger partial charge is 0.456 e. The molecule has 3 heterocycles. The molecular formula is C39H23N3O2. The van der Waals surface area contributed by atoms with Gasteiger partial charge in [-0.3, -0.25) is 0 Å². The Hall–Kier alpha value is -6.07. The lowest BCUT2D eigenvalue weighted by molar-refractivity contribution is 0.663. The molecule has 9 rings (SSSR count). The van der Waals surface area contributed by atoms with Crippen LogP contribution in [-0.2, 0) is 0 Å². The maximum atomic E-state index is 6.38. The number of hydrogen-bond acceptors (Lipinski definition) is 5. The lowest BCUT2D eigenvalue weighted by Gasteiger charge is -2.09. The summed E-state index contributed by atoms with van der Waals surface area (Å²) in [6.45, 7) is 0. The molecule has 0 atom stereocenters. The number of benzene rings is 6. The summed E-state index contributed by atoms with van der Waals surface area (Å²) in [7, 11) is 0. The standard InChI is InChI=1S/C39H23N3O2/c1-3-9-25(10-4-1)37-40-38(26-11-5-2-6-12-26)42-39(41-37)27-17-15-24(16-18-27)28-19-20-30-34(23-28)44-33-22-21-32-35(36(30)33)29-13-7-8-14-31(29)43-32/h1-23H. The van der Waals surface area contributed by atoms with E-state index in [-0.39, 0.29) is 0 Å². The lowest BCUT2D eigenvalue weighted by Crippen LogP contribution is -2.00. The molecule has 206 valence electrons. The Bertz CT molecular complexity index is 2420. The van der Waals surface area contributed by atoms with Crippen molar-refractivity contribution in [2.24, 2.45) is 0 Å². The number of furan rings is 2. The van der Waals surface area contributed by atoms with Gasteiger partial charge in [-0.1, -0.05) is 109 Å². The van der Waals surface area contributed by atoms with Crippen LogP contribution in [0.2, 0.25) is 0 Å². The van der Waals surface area contributed by atoms with E-state index in [2.05, 4.69) is 48.5 Å². The first kappa shape index (κ1) is 24.5. The average Bonchev–Trinajstić information content (AvgIpc) is 3.66. The number of hydrogen-bond donors (Lipinski definition) is 0. The van der Waals surface area contributed by atoms with Crippen LogP contribution in [0.15, 0.2) is 148 Å². The molecule has 0 saturated carbocycles. The number of nitrogens with zero attached hydrogens (tertiary/aromatic N) is 3. The van der Waals surface area contributed by atoms with Crippen molar-refractivity contribution in [2.75, 3.05) is 0 Å². The Morgan fingerprint density at radius 1 is 0.318 bits per heavy atom. The van der Waals surface area contributed by atoms with E-state index in [1.54, 1.807) is 0 Å². The molecule has 0 aliphatic carbocycles. The van der Waals surface area contributed by atoms with Crippen LogP contribution in [0, 0.1) is 0 Å². The van der Waals surface area contributed by atoms with Crippen LogP contribution in [0.4, 0.5) is 0 Å². The molecule has 5 heteroatoms. The second-order valence-electron chi connectivity index (χ2n) is 10.8. The van der Waals surface area contributed by atoms with E-state index in [4.69, 9.17) is 23.8 Å². The zero-order valence-corrected chi connectivity index (χ0v) is 23.4. The molecule has 0 aliphatic rings. The molecule has 3 aromatic heterocycles. The van der Waals surface area contributed by atoms with E-state index in [9.17, 15) is 0 Å². The Morgan fingerprint density at radius 3 is 1.39 bits per heavy atom. The second-order valence-corrected chi connectivity index (χ2v) is 10.8. The van der Waals surface area contributed by atoms with Crippen molar-refractivity contribution in [2.45, 2.75) is 0 Å². The van der Waals surface area contributed by atoms with Crippen LogP contribution < -0.4 is 0 Å². The second kappa shape index (κ2) is 9.75. The van der Waals surface area contributed by atoms with Gasteiger partial charge in [-0.15, -0.1) is 0 Å². The van der Waals surface area contributed by atoms with Gasteiger partial charge in [0, 0.05) is 38.2 Å². The minimum absolute atomic E-state index is 0.633. The number of rotatable bonds is 4. The van der Waals surface area contributed by atoms with Crippen LogP contribution in [-0.4, -0.2) is 15.0 Å². The van der Waals surface area contributed by atoms with Gasteiger partial charge in [-0.05, 0) is 41.5 Å². The molecule has 5 nitrogen and oxygen atoms in total. The number of aromatic nitrogens is 3. The van der Waals surface area contributed by atoms with Crippen molar-refractivity contribution < 1.29 is 8.83 Å². The highest BCUT2D eigenvalue weighted by Crippen LogP contribution is 2.40. The van der Waals surface area contributed by atoms with Gasteiger partial charge in [-0.2, -0.15) is 0 Å². The van der Waals surface area contributed by atoms with E-state index in [0.717, 1.165) is 71.7 Å². The van der Waals surface area contributed by atoms with Gasteiger partial charge in [-0.25, -0.2) is 15.0 Å². The molecule has 0 bridgehead atoms. The average molecular weight is 566 g/mol. The molecule has 44 heavy (non-hydrogen) atoms. The Kier molecular flexibility index (Phi) is 5.43. The first-order valence-electron chi connectivity index (χ1n) is 14.5. The smallest absolute Gasteiger partial charge is 0.164 e. The third-order valence-electron chi connectivity index (χ3n) is 8.15. The van der Waals surface area contributed by atoms with Crippen molar-refractivity contribution in [3.05, 3.63) is 140 Å². The molecule has 0 amide bonds. The molecule has 0 radical (unpaired) electrons. The van der Waals surface area contributed by atoms with E-state index < -0.39 is 0 Å². The van der Waals surface area contributed by atoms with E-state index in [1.807, 2.05) is 91.0 Å². The fraction of sp³-hybridized carbons (Fsp3) is 0. The van der Waals surface area contributed by atoms with Crippen molar-refractivity contribution in [3.63, 3.8) is 0 Å². The summed E-state index contributed by atoms with van der Waals surface area (Å²) in [4.78, 5) is 14.5. The maximum Gasteiger partial charge on any atom is 0.164 e. The van der Waals surface area contributed by atoms with Gasteiger partial charge in [0.25, 0.3) is 0 Å². The minimum Gasteiger partial charge on any atom is -0.456 e. The SMILES string of the molecule is c1ccc(-c2nc(-c3ccccc3)nc(-c3ccc(-c4ccc5c(c4)oc4ccc6oc7ccccc7c6c45)cc3)n2)cc1. The summed E-state index contributed by atoms with van der Waals surface area (Å²) >= 11 is 0. The van der Waals surface area contributed by atoms with Crippen molar-refractivity contribution in [1.82, 2.24) is 15.0 Å². The predicted molar refractivity (Wildman–Crippen MR) is 176 cm³/mol. The molecule has 0 N–H and O–H groups in total. The normalized spacial score (nSPS) is 11.6. The first-order chi connectivity index (χ1) is 21.8. The van der Waals surface area contributed by atoms with E-state index in [1.165, 1.54) is 0 Å². The highest BCUT2D eigenvalue weighted by atomic mass is 16.3. The zero-order valence-electron chi connectivity index (χ0n) is 23.4. The third-order valence-corrected chi connectivity index (χ3v) is 8.15. The predicted octanol–water partition coefficient (Wildman–Crippen LogP) is 10.3. The summed E-state index contributed by atoms with van der Waals surface area (Å²) in [5, 5.41) is 4.35. The molecule has 9 aromatic rings. The van der Waals surface area contributed by atoms with Crippen LogP contribution in [0.1, 0.15) is 0 Å². The van der Waals surface area contributed by atoms with Crippen molar-refractivity contribution >= 4 is 43.9 Å². The fourth-order valence-electron chi connectivity index (χ4n) is 6.01. The van der Waals surface area contributed by atoms with Crippen molar-refractivity contribution in [1.29, 1.82) is 0 Å². The Balaban J connectivity index is 1.12. The zero-order chi connectivity index (χ0) is 29.0. The van der Waals surface area contributed by atoms with Gasteiger partial charge in [0.1, 0.15) is 22.3 Å². The van der Waals surface area contributed by atoms with Crippen LogP contribution in [0.25, 0.3) is 89.2 Å². The summed E-state index contributed by atoms with van der Waals surface area (Å²) in [5.74, 6) is 1.93. The topological polar surface area (TPSA) is 65.0 Å². The van der Waals surface area contributed by atoms with Gasteiger partial charge in [0.05, 0.1) is 0 Å². The quantitative estimate of drug-likeness (QED) is 0.212. The van der Waals surface area contributed by atoms with Crippen LogP contribution in [0.5, 0.6) is 0 Å². The summed E-state index contributed by atoms with van der Waals surface area (Å²) < 4.78 is 12.5. The number of para-hydroxylation sites is 1. The molecule has 0 fully saturated rings. The Morgan fingerprint density at radius 2 is 0.773 bits per heavy atom. The molecule has 0 unspecified atom stereocenters. The summed E-state index contributed by atoms with van der Waals surface area (Å²) in [6, 6.07) is 46.9. The lowest BCUT2D eigenvalue weighted by atomic mass is 10.0. The van der Waals surface area contributed by atoms with Crippen LogP contribution >= 0.6 is 0 Å². The van der Waals surface area contributed by atoms with E-state index in [0.29, 0.717) is 17.5 Å². The minimum atomic E-state index is 0.633. The maximum absolute atomic E-state index is 6.38. The molecule has 6 aromatic carbocycles. The fourth-order valence-corrected chi connectivity index (χ4v) is 6.01. The van der Waals surface area contributed by atoms with Crippen LogP contribution in [0.3, 0.4) is 0 Å². The number of fused-ring (bicyclic) bond motifs is 7. The monoisotopic (exact) mass is 565 g/mol. The molecule has 0 saturated heterocycles. The van der Waals surface area contributed by atoms with Gasteiger partial charge in [0.15, 0.2) is 17.5 Å². The third kappa shape index (κ3) is 3.98. The summed E-state index contributed by atoms with van der Waals surface area (Å²) in [6.07, 6.45) is 0. The van der Waals surface area contributed by atoms with Gasteiger partial charge >= 0.3 is 0 Å². The van der Waals surface area contributed by atoms with E-state index >= 15 is 0 Å². The highest BCUT2D eigenvalue weighted by Gasteiger charge is 2.17. The van der Waals surface area contributed by atoms with Gasteiger partial charge in [0.2, 0.25) is 0 Å². The summed E-state index contributed by atoms with van der Waals surface area (Å²) in [5.41, 5.74) is 8.41. The molecule has 0 aliphatic heterocycles. The molecule has 0 spiro atoms. The highest BCUT2D eigenvalue weighted by molar-refractivity contribution is 6.25.